The van der Waals surface area contributed by atoms with Crippen LogP contribution >= 0.6 is 0 Å². The molecule has 1 amide bonds. The Morgan fingerprint density at radius 1 is 0.969 bits per heavy atom. The highest BCUT2D eigenvalue weighted by Gasteiger charge is 2.45. The van der Waals surface area contributed by atoms with Gasteiger partial charge in [0.1, 0.15) is 47.2 Å². The summed E-state index contributed by atoms with van der Waals surface area (Å²) in [4.78, 5) is 13.0. The molecule has 0 radical (unpaired) electrons. The molecule has 2 aromatic rings. The molecule has 2 aromatic carbocycles. The van der Waals surface area contributed by atoms with Gasteiger partial charge in [0.05, 0.1) is 20.8 Å². The largest absolute Gasteiger partial charge is 0.497 e. The Hall–Kier alpha value is -2.89. The van der Waals surface area contributed by atoms with Crippen LogP contribution in [0.25, 0.3) is 0 Å². The molecular formula is C22H27NO9. The molecule has 1 aliphatic rings. The maximum atomic E-state index is 13.0. The van der Waals surface area contributed by atoms with E-state index in [1.807, 2.05) is 12.1 Å². The molecule has 10 nitrogen and oxygen atoms in total. The van der Waals surface area contributed by atoms with Crippen molar-refractivity contribution >= 4 is 5.91 Å². The van der Waals surface area contributed by atoms with Crippen molar-refractivity contribution < 1.29 is 44.2 Å². The highest BCUT2D eigenvalue weighted by molar-refractivity contribution is 5.99. The number of carbonyl (C=O) groups is 1. The number of methoxy groups -OCH3 is 2. The number of rotatable bonds is 8. The van der Waals surface area contributed by atoms with Crippen molar-refractivity contribution in [1.82, 2.24) is 5.32 Å². The van der Waals surface area contributed by atoms with Crippen LogP contribution in [0.15, 0.2) is 42.5 Å². The minimum Gasteiger partial charge on any atom is -0.497 e. The van der Waals surface area contributed by atoms with Crippen LogP contribution in [-0.2, 0) is 11.3 Å². The van der Waals surface area contributed by atoms with Gasteiger partial charge in [-0.05, 0) is 29.8 Å². The van der Waals surface area contributed by atoms with E-state index in [-0.39, 0.29) is 23.6 Å². The molecule has 1 saturated heterocycles. The predicted octanol–water partition coefficient (Wildman–Crippen LogP) is -0.187. The van der Waals surface area contributed by atoms with Gasteiger partial charge in [-0.15, -0.1) is 0 Å². The van der Waals surface area contributed by atoms with E-state index in [9.17, 15) is 25.2 Å². The molecule has 3 rings (SSSR count). The predicted molar refractivity (Wildman–Crippen MR) is 112 cm³/mol. The molecule has 1 aliphatic heterocycles. The summed E-state index contributed by atoms with van der Waals surface area (Å²) in [6.45, 7) is -0.377. The molecular weight excluding hydrogens is 422 g/mol. The van der Waals surface area contributed by atoms with Crippen molar-refractivity contribution in [3.8, 4) is 17.2 Å². The summed E-state index contributed by atoms with van der Waals surface area (Å²) in [7, 11) is 2.96. The van der Waals surface area contributed by atoms with Crippen molar-refractivity contribution in [2.45, 2.75) is 37.3 Å². The van der Waals surface area contributed by atoms with Crippen LogP contribution in [0.5, 0.6) is 17.2 Å². The van der Waals surface area contributed by atoms with Gasteiger partial charge in [0.2, 0.25) is 6.29 Å². The van der Waals surface area contributed by atoms with Crippen LogP contribution < -0.4 is 19.5 Å². The first kappa shape index (κ1) is 23.8. The monoisotopic (exact) mass is 449 g/mol. The normalized spacial score (nSPS) is 25.1. The third-order valence-corrected chi connectivity index (χ3v) is 5.14. The van der Waals surface area contributed by atoms with Crippen molar-refractivity contribution in [3.05, 3.63) is 53.6 Å². The number of nitrogens with one attached hydrogen (secondary N) is 1. The molecule has 0 aromatic heterocycles. The van der Waals surface area contributed by atoms with Gasteiger partial charge >= 0.3 is 0 Å². The summed E-state index contributed by atoms with van der Waals surface area (Å²) in [6, 6.07) is 11.8. The quantitative estimate of drug-likeness (QED) is 0.370. The van der Waals surface area contributed by atoms with Gasteiger partial charge in [-0.1, -0.05) is 18.2 Å². The maximum absolute atomic E-state index is 13.0. The molecule has 0 bridgehead atoms. The Morgan fingerprint density at radius 3 is 2.28 bits per heavy atom. The molecule has 0 unspecified atom stereocenters. The Bertz CT molecular complexity index is 903. The molecule has 0 aliphatic carbocycles. The van der Waals surface area contributed by atoms with E-state index < -0.39 is 43.2 Å². The number of ether oxygens (including phenoxy) is 4. The van der Waals surface area contributed by atoms with Crippen molar-refractivity contribution in [1.29, 1.82) is 0 Å². The molecule has 0 saturated carbocycles. The van der Waals surface area contributed by atoms with Gasteiger partial charge in [-0.25, -0.2) is 0 Å². The van der Waals surface area contributed by atoms with Crippen LogP contribution in [0.1, 0.15) is 15.9 Å². The third kappa shape index (κ3) is 5.12. The summed E-state index contributed by atoms with van der Waals surface area (Å²) >= 11 is 0. The molecule has 0 spiro atoms. The molecule has 174 valence electrons. The van der Waals surface area contributed by atoms with Gasteiger partial charge in [0.25, 0.3) is 5.91 Å². The zero-order valence-electron chi connectivity index (χ0n) is 17.7. The van der Waals surface area contributed by atoms with E-state index in [2.05, 4.69) is 5.32 Å². The minimum atomic E-state index is -1.62. The van der Waals surface area contributed by atoms with Crippen molar-refractivity contribution in [3.63, 3.8) is 0 Å². The fourth-order valence-electron chi connectivity index (χ4n) is 3.31. The van der Waals surface area contributed by atoms with Gasteiger partial charge in [-0.3, -0.25) is 4.79 Å². The summed E-state index contributed by atoms with van der Waals surface area (Å²) in [5.41, 5.74) is 0.894. The fourth-order valence-corrected chi connectivity index (χ4v) is 3.31. The lowest BCUT2D eigenvalue weighted by atomic mass is 9.99. The van der Waals surface area contributed by atoms with E-state index in [0.717, 1.165) is 5.56 Å². The average molecular weight is 449 g/mol. The van der Waals surface area contributed by atoms with Crippen LogP contribution in [0.4, 0.5) is 0 Å². The first-order chi connectivity index (χ1) is 15.4. The highest BCUT2D eigenvalue weighted by Crippen LogP contribution is 2.32. The Kier molecular flexibility index (Phi) is 7.89. The van der Waals surface area contributed by atoms with Crippen molar-refractivity contribution in [2.24, 2.45) is 0 Å². The first-order valence-electron chi connectivity index (χ1n) is 9.94. The molecule has 1 fully saturated rings. The third-order valence-electron chi connectivity index (χ3n) is 5.14. The lowest BCUT2D eigenvalue weighted by Gasteiger charge is -2.39. The van der Waals surface area contributed by atoms with E-state index >= 15 is 0 Å². The number of hydrogen-bond donors (Lipinski definition) is 5. The van der Waals surface area contributed by atoms with Gasteiger partial charge in [0.15, 0.2) is 0 Å². The SMILES string of the molecule is COc1ccc(CNC(=O)c2c(OC)cccc2O[C@@H]2O[C@H](CO)[C@@H](O)[C@H](O)[C@H]2O)cc1. The highest BCUT2D eigenvalue weighted by atomic mass is 16.7. The second kappa shape index (κ2) is 10.6. The van der Waals surface area contributed by atoms with E-state index in [1.54, 1.807) is 31.4 Å². The summed E-state index contributed by atoms with van der Waals surface area (Å²) in [6.07, 6.45) is -7.33. The molecule has 5 N–H and O–H groups in total. The summed E-state index contributed by atoms with van der Waals surface area (Å²) < 4.78 is 21.5. The second-order valence-corrected chi connectivity index (χ2v) is 7.18. The standard InChI is InChI=1S/C22H27NO9/c1-29-13-8-6-12(7-9-13)10-23-21(28)17-14(30-2)4-3-5-15(17)31-22-20(27)19(26)18(25)16(11-24)32-22/h3-9,16,18-20,22,24-27H,10-11H2,1-2H3,(H,23,28)/t16-,18-,19+,20-,22-/m1/s1. The number of hydrogen-bond acceptors (Lipinski definition) is 9. The summed E-state index contributed by atoms with van der Waals surface area (Å²) in [5, 5.41) is 42.3. The van der Waals surface area contributed by atoms with E-state index in [0.29, 0.717) is 5.75 Å². The Morgan fingerprint density at radius 2 is 1.66 bits per heavy atom. The average Bonchev–Trinajstić information content (AvgIpc) is 2.82. The number of aliphatic hydroxyl groups is 4. The zero-order valence-corrected chi connectivity index (χ0v) is 17.7. The maximum Gasteiger partial charge on any atom is 0.259 e. The van der Waals surface area contributed by atoms with E-state index in [1.165, 1.54) is 13.2 Å². The Labute approximate surface area is 184 Å². The summed E-state index contributed by atoms with van der Waals surface area (Å²) in [5.74, 6) is 0.443. The fraction of sp³-hybridized carbons (Fsp3) is 0.409. The van der Waals surface area contributed by atoms with Crippen LogP contribution in [0.3, 0.4) is 0 Å². The van der Waals surface area contributed by atoms with Crippen LogP contribution in [-0.4, -0.2) is 77.9 Å². The Balaban J connectivity index is 1.79. The van der Waals surface area contributed by atoms with Gasteiger partial charge < -0.3 is 44.7 Å². The van der Waals surface area contributed by atoms with Crippen LogP contribution in [0.2, 0.25) is 0 Å². The molecule has 32 heavy (non-hydrogen) atoms. The first-order valence-corrected chi connectivity index (χ1v) is 9.94. The number of benzene rings is 2. The van der Waals surface area contributed by atoms with Gasteiger partial charge in [0, 0.05) is 6.54 Å². The molecule has 1 heterocycles. The number of amides is 1. The smallest absolute Gasteiger partial charge is 0.259 e. The van der Waals surface area contributed by atoms with Gasteiger partial charge in [-0.2, -0.15) is 0 Å². The van der Waals surface area contributed by atoms with E-state index in [4.69, 9.17) is 18.9 Å². The number of aliphatic hydroxyl groups excluding tert-OH is 4. The lowest BCUT2D eigenvalue weighted by molar-refractivity contribution is -0.277. The lowest BCUT2D eigenvalue weighted by Crippen LogP contribution is -2.60. The topological polar surface area (TPSA) is 147 Å². The zero-order chi connectivity index (χ0) is 23.3. The molecule has 5 atom stereocenters. The van der Waals surface area contributed by atoms with Crippen molar-refractivity contribution in [2.75, 3.05) is 20.8 Å². The number of carbonyl (C=O) groups excluding carboxylic acids is 1. The second-order valence-electron chi connectivity index (χ2n) is 7.18. The van der Waals surface area contributed by atoms with Crippen LogP contribution in [0, 0.1) is 0 Å². The minimum absolute atomic E-state index is 0.0286. The molecule has 10 heteroatoms.